The van der Waals surface area contributed by atoms with Crippen molar-refractivity contribution in [1.29, 1.82) is 0 Å². The zero-order chi connectivity index (χ0) is 27.3. The Kier molecular flexibility index (Phi) is 6.29. The molecule has 0 unspecified atom stereocenters. The van der Waals surface area contributed by atoms with E-state index in [-0.39, 0.29) is 24.7 Å². The maximum Gasteiger partial charge on any atom is 0.318 e. The monoisotopic (exact) mass is 532 g/mol. The second-order valence-corrected chi connectivity index (χ2v) is 11.3. The lowest BCUT2D eigenvalue weighted by molar-refractivity contribution is 0.142. The van der Waals surface area contributed by atoms with E-state index in [1.54, 1.807) is 0 Å². The van der Waals surface area contributed by atoms with Gasteiger partial charge in [-0.3, -0.25) is 5.10 Å². The lowest BCUT2D eigenvalue weighted by atomic mass is 10.0. The summed E-state index contributed by atoms with van der Waals surface area (Å²) in [5.74, 6) is 2.35. The fraction of sp³-hybridized carbons (Fsp3) is 0.519. The molecule has 2 amide bonds. The van der Waals surface area contributed by atoms with Crippen LogP contribution in [0, 0.1) is 0 Å². The number of benzene rings is 1. The average molecular weight is 533 g/mol. The van der Waals surface area contributed by atoms with Crippen molar-refractivity contribution in [3.8, 4) is 0 Å². The number of nitrogens with zero attached hydrogens (tertiary/aromatic N) is 7. The van der Waals surface area contributed by atoms with E-state index in [4.69, 9.17) is 0 Å². The minimum atomic E-state index is -0.563. The summed E-state index contributed by atoms with van der Waals surface area (Å²) >= 11 is 0. The number of rotatable bonds is 7. The zero-order valence-electron chi connectivity index (χ0n) is 22.8. The van der Waals surface area contributed by atoms with Crippen molar-refractivity contribution in [2.45, 2.75) is 63.2 Å². The van der Waals surface area contributed by atoms with Gasteiger partial charge in [0.15, 0.2) is 5.82 Å². The van der Waals surface area contributed by atoms with Crippen LogP contribution < -0.4 is 20.4 Å². The summed E-state index contributed by atoms with van der Waals surface area (Å²) in [6.45, 7) is 5.29. The lowest BCUT2D eigenvalue weighted by Gasteiger charge is -2.32. The summed E-state index contributed by atoms with van der Waals surface area (Å²) in [5, 5.41) is 24.0. The summed E-state index contributed by atoms with van der Waals surface area (Å²) in [7, 11) is 3.76. The van der Waals surface area contributed by atoms with Gasteiger partial charge in [0.1, 0.15) is 0 Å². The van der Waals surface area contributed by atoms with Crippen molar-refractivity contribution in [2.75, 3.05) is 42.4 Å². The predicted octanol–water partition coefficient (Wildman–Crippen LogP) is 2.68. The van der Waals surface area contributed by atoms with E-state index in [9.17, 15) is 9.90 Å². The Labute approximate surface area is 227 Å². The van der Waals surface area contributed by atoms with Gasteiger partial charge >= 0.3 is 6.03 Å². The molecule has 0 bridgehead atoms. The van der Waals surface area contributed by atoms with Gasteiger partial charge in [-0.25, -0.2) is 4.79 Å². The van der Waals surface area contributed by atoms with Gasteiger partial charge in [0, 0.05) is 38.2 Å². The Morgan fingerprint density at radius 3 is 2.74 bits per heavy atom. The summed E-state index contributed by atoms with van der Waals surface area (Å²) in [6.07, 6.45) is 2.83. The normalized spacial score (nSPS) is 23.1. The molecule has 2 fully saturated rings. The van der Waals surface area contributed by atoms with Gasteiger partial charge in [-0.05, 0) is 38.7 Å². The number of nitrogens with one attached hydrogen (secondary N) is 3. The number of urea groups is 1. The van der Waals surface area contributed by atoms with Crippen LogP contribution in [0.5, 0.6) is 0 Å². The molecule has 0 spiro atoms. The highest BCUT2D eigenvalue weighted by molar-refractivity contribution is 5.78. The molecule has 2 aromatic heterocycles. The Balaban J connectivity index is 1.20. The van der Waals surface area contributed by atoms with Crippen LogP contribution in [-0.2, 0) is 12.1 Å². The Hall–Kier alpha value is -3.93. The van der Waals surface area contributed by atoms with Crippen LogP contribution in [-0.4, -0.2) is 80.5 Å². The van der Waals surface area contributed by atoms with Gasteiger partial charge in [0.05, 0.1) is 30.4 Å². The van der Waals surface area contributed by atoms with Gasteiger partial charge in [-0.15, -0.1) is 0 Å². The Morgan fingerprint density at radius 2 is 2.00 bits per heavy atom. The highest BCUT2D eigenvalue weighted by atomic mass is 16.3. The van der Waals surface area contributed by atoms with Crippen molar-refractivity contribution in [3.05, 3.63) is 47.2 Å². The standard InChI is InChI=1S/C27H36N10O2/c1-27(2)21-19(14-37(27)26(39)28-20-13-18(20)16-9-6-5-7-10-16)22(34-33-21)29-23-30-24(35(3)4)32-25(31-23)36-12-8-11-17(36)15-38/h5-7,9-10,17-18,20,38H,8,11-15H2,1-4H3,(H,28,39)(H2,29,30,31,32,33,34)/t17-,18-,20+/m0/s1. The molecule has 3 atom stereocenters. The van der Waals surface area contributed by atoms with Crippen LogP contribution in [0.1, 0.15) is 55.8 Å². The van der Waals surface area contributed by atoms with E-state index in [0.717, 1.165) is 37.1 Å². The first-order valence-electron chi connectivity index (χ1n) is 13.5. The SMILES string of the molecule is CN(C)c1nc(Nc2n[nH]c3c2CN(C(=O)N[C@@H]2C[C@H]2c2ccccc2)C3(C)C)nc(N2CCC[C@H]2CO)n1. The molecule has 206 valence electrons. The number of carbonyl (C=O) groups excluding carboxylic acids is 1. The number of aliphatic hydroxyl groups excluding tert-OH is 1. The maximum absolute atomic E-state index is 13.4. The molecule has 6 rings (SSSR count). The van der Waals surface area contributed by atoms with Crippen molar-refractivity contribution in [1.82, 2.24) is 35.4 Å². The van der Waals surface area contributed by atoms with Gasteiger partial charge in [0.25, 0.3) is 0 Å². The summed E-state index contributed by atoms with van der Waals surface area (Å²) in [5.41, 5.74) is 2.50. The van der Waals surface area contributed by atoms with Crippen LogP contribution in [0.4, 0.5) is 28.5 Å². The lowest BCUT2D eigenvalue weighted by Crippen LogP contribution is -2.47. The summed E-state index contributed by atoms with van der Waals surface area (Å²) in [6, 6.07) is 10.4. The molecule has 12 nitrogen and oxygen atoms in total. The largest absolute Gasteiger partial charge is 0.394 e. The maximum atomic E-state index is 13.4. The first-order chi connectivity index (χ1) is 18.8. The van der Waals surface area contributed by atoms with Crippen LogP contribution in [0.25, 0.3) is 0 Å². The van der Waals surface area contributed by atoms with Gasteiger partial charge in [-0.1, -0.05) is 30.3 Å². The number of H-pyrrole nitrogens is 1. The smallest absolute Gasteiger partial charge is 0.318 e. The van der Waals surface area contributed by atoms with Crippen LogP contribution in [0.3, 0.4) is 0 Å². The van der Waals surface area contributed by atoms with Crippen molar-refractivity contribution >= 4 is 29.7 Å². The molecule has 2 aliphatic heterocycles. The molecular weight excluding hydrogens is 496 g/mol. The first kappa shape index (κ1) is 25.4. The van der Waals surface area contributed by atoms with Crippen molar-refractivity contribution in [2.24, 2.45) is 0 Å². The molecule has 4 heterocycles. The fourth-order valence-electron chi connectivity index (χ4n) is 5.74. The van der Waals surface area contributed by atoms with E-state index in [2.05, 4.69) is 47.9 Å². The molecule has 1 saturated carbocycles. The third-order valence-electron chi connectivity index (χ3n) is 8.13. The van der Waals surface area contributed by atoms with E-state index in [1.807, 2.05) is 60.8 Å². The number of aromatic nitrogens is 5. The van der Waals surface area contributed by atoms with Crippen LogP contribution in [0.2, 0.25) is 0 Å². The predicted molar refractivity (Wildman–Crippen MR) is 148 cm³/mol. The third-order valence-corrected chi connectivity index (χ3v) is 8.13. The fourth-order valence-corrected chi connectivity index (χ4v) is 5.74. The van der Waals surface area contributed by atoms with E-state index >= 15 is 0 Å². The number of aliphatic hydroxyl groups is 1. The van der Waals surface area contributed by atoms with Crippen molar-refractivity contribution < 1.29 is 9.90 Å². The highest BCUT2D eigenvalue weighted by Crippen LogP contribution is 2.43. The number of hydrogen-bond acceptors (Lipinski definition) is 9. The minimum absolute atomic E-state index is 0.00859. The number of anilines is 4. The first-order valence-corrected chi connectivity index (χ1v) is 13.5. The molecule has 1 saturated heterocycles. The molecule has 1 aromatic carbocycles. The molecule has 4 N–H and O–H groups in total. The van der Waals surface area contributed by atoms with Crippen LogP contribution >= 0.6 is 0 Å². The van der Waals surface area contributed by atoms with Gasteiger partial charge in [0.2, 0.25) is 17.8 Å². The number of hydrogen-bond donors (Lipinski definition) is 4. The second kappa shape index (κ2) is 9.67. The second-order valence-electron chi connectivity index (χ2n) is 11.3. The molecular formula is C27H36N10O2. The summed E-state index contributed by atoms with van der Waals surface area (Å²) < 4.78 is 0. The minimum Gasteiger partial charge on any atom is -0.394 e. The van der Waals surface area contributed by atoms with E-state index < -0.39 is 5.54 Å². The Morgan fingerprint density at radius 1 is 1.21 bits per heavy atom. The van der Waals surface area contributed by atoms with Gasteiger partial charge in [-0.2, -0.15) is 20.1 Å². The number of carbonyl (C=O) groups is 1. The molecule has 3 aromatic rings. The number of aromatic amines is 1. The summed E-state index contributed by atoms with van der Waals surface area (Å²) in [4.78, 5) is 33.0. The molecule has 39 heavy (non-hydrogen) atoms. The Bertz CT molecular complexity index is 1360. The zero-order valence-corrected chi connectivity index (χ0v) is 22.8. The molecule has 3 aliphatic rings. The molecule has 12 heteroatoms. The topological polar surface area (TPSA) is 138 Å². The van der Waals surface area contributed by atoms with Crippen LogP contribution in [0.15, 0.2) is 30.3 Å². The number of fused-ring (bicyclic) bond motifs is 1. The third kappa shape index (κ3) is 4.62. The highest BCUT2D eigenvalue weighted by Gasteiger charge is 2.47. The molecule has 0 radical (unpaired) electrons. The molecule has 1 aliphatic carbocycles. The average Bonchev–Trinajstić information content (AvgIpc) is 3.23. The van der Waals surface area contributed by atoms with Gasteiger partial charge < -0.3 is 30.4 Å². The van der Waals surface area contributed by atoms with E-state index in [1.165, 1.54) is 5.56 Å². The van der Waals surface area contributed by atoms with E-state index in [0.29, 0.717) is 36.1 Å². The number of amides is 2. The van der Waals surface area contributed by atoms with Crippen molar-refractivity contribution in [3.63, 3.8) is 0 Å². The quantitative estimate of drug-likeness (QED) is 0.362.